The molecule has 0 radical (unpaired) electrons. The lowest BCUT2D eigenvalue weighted by Crippen LogP contribution is -2.27. The molecule has 0 saturated carbocycles. The number of pyridine rings is 1. The third kappa shape index (κ3) is 5.52. The fraction of sp³-hybridized carbons (Fsp3) is 0.192. The summed E-state index contributed by atoms with van der Waals surface area (Å²) in [4.78, 5) is 41.5. The van der Waals surface area contributed by atoms with Crippen LogP contribution in [0.4, 0.5) is 5.69 Å². The summed E-state index contributed by atoms with van der Waals surface area (Å²) in [6.07, 6.45) is 4.23. The number of fused-ring (bicyclic) bond motifs is 1. The predicted octanol–water partition coefficient (Wildman–Crippen LogP) is 4.13. The van der Waals surface area contributed by atoms with Gasteiger partial charge >= 0.3 is 0 Å². The normalized spacial score (nSPS) is 10.8. The first-order valence-corrected chi connectivity index (χ1v) is 11.3. The average Bonchev–Trinajstić information content (AvgIpc) is 2.87. The van der Waals surface area contributed by atoms with Gasteiger partial charge in [0.15, 0.2) is 5.69 Å². The molecule has 4 rings (SSSR count). The van der Waals surface area contributed by atoms with Gasteiger partial charge in [-0.25, -0.2) is 9.67 Å². The van der Waals surface area contributed by atoms with E-state index in [9.17, 15) is 14.4 Å². The van der Waals surface area contributed by atoms with Crippen molar-refractivity contribution in [3.05, 3.63) is 88.5 Å². The van der Waals surface area contributed by atoms with Crippen LogP contribution in [-0.2, 0) is 6.54 Å². The Morgan fingerprint density at radius 1 is 1.03 bits per heavy atom. The highest BCUT2D eigenvalue weighted by atomic mass is 16.5. The van der Waals surface area contributed by atoms with Gasteiger partial charge < -0.3 is 15.8 Å². The molecule has 0 aliphatic heterocycles. The van der Waals surface area contributed by atoms with Crippen molar-refractivity contribution in [3.8, 4) is 11.6 Å². The van der Waals surface area contributed by atoms with E-state index < -0.39 is 11.8 Å². The van der Waals surface area contributed by atoms with Gasteiger partial charge in [-0.2, -0.15) is 5.10 Å². The number of anilines is 1. The van der Waals surface area contributed by atoms with E-state index in [4.69, 9.17) is 10.5 Å². The van der Waals surface area contributed by atoms with Crippen LogP contribution in [0.3, 0.4) is 0 Å². The third-order valence-corrected chi connectivity index (χ3v) is 5.39. The average molecular weight is 472 g/mol. The summed E-state index contributed by atoms with van der Waals surface area (Å²) in [5, 5.41) is 8.09. The standard InChI is InChI=1S/C26H25N5O4/c1-2-3-6-14-31-26(34)21-11-5-4-10-20(21)23(30-31)25(33)29-18-12-13-22(28-16-18)35-19-9-7-8-17(15-19)24(27)32/h4-5,7-13,15-16H,2-3,6,14H2,1H3,(H2,27,32)(H,29,33). The Bertz CT molecular complexity index is 1430. The predicted molar refractivity (Wildman–Crippen MR) is 133 cm³/mol. The number of unbranched alkanes of at least 4 members (excludes halogenated alkanes) is 2. The largest absolute Gasteiger partial charge is 0.439 e. The smallest absolute Gasteiger partial charge is 0.276 e. The molecule has 9 heteroatoms. The first-order valence-electron chi connectivity index (χ1n) is 11.3. The Morgan fingerprint density at radius 2 is 1.83 bits per heavy atom. The number of benzene rings is 2. The number of hydrogen-bond acceptors (Lipinski definition) is 6. The molecule has 35 heavy (non-hydrogen) atoms. The van der Waals surface area contributed by atoms with Crippen LogP contribution in [0.2, 0.25) is 0 Å². The number of nitrogens with one attached hydrogen (secondary N) is 1. The van der Waals surface area contributed by atoms with Crippen molar-refractivity contribution >= 4 is 28.3 Å². The van der Waals surface area contributed by atoms with Gasteiger partial charge in [-0.3, -0.25) is 14.4 Å². The van der Waals surface area contributed by atoms with Crippen molar-refractivity contribution in [1.29, 1.82) is 0 Å². The lowest BCUT2D eigenvalue weighted by atomic mass is 10.1. The second kappa shape index (κ2) is 10.6. The fourth-order valence-electron chi connectivity index (χ4n) is 3.60. The van der Waals surface area contributed by atoms with E-state index in [0.29, 0.717) is 34.3 Å². The molecule has 0 saturated heterocycles. The molecule has 3 N–H and O–H groups in total. The molecule has 178 valence electrons. The highest BCUT2D eigenvalue weighted by Crippen LogP contribution is 2.22. The zero-order chi connectivity index (χ0) is 24.8. The maximum absolute atomic E-state index is 13.1. The van der Waals surface area contributed by atoms with Crippen LogP contribution in [0.25, 0.3) is 10.8 Å². The van der Waals surface area contributed by atoms with Crippen molar-refractivity contribution in [2.45, 2.75) is 32.7 Å². The number of hydrogen-bond donors (Lipinski definition) is 2. The van der Waals surface area contributed by atoms with Gasteiger partial charge in [0, 0.05) is 23.6 Å². The molecular weight excluding hydrogens is 446 g/mol. The zero-order valence-electron chi connectivity index (χ0n) is 19.2. The number of aromatic nitrogens is 3. The van der Waals surface area contributed by atoms with E-state index in [2.05, 4.69) is 22.3 Å². The van der Waals surface area contributed by atoms with Crippen LogP contribution in [0.15, 0.2) is 71.7 Å². The number of amides is 2. The molecule has 0 fully saturated rings. The Labute approximate surface area is 201 Å². The summed E-state index contributed by atoms with van der Waals surface area (Å²) in [7, 11) is 0. The molecule has 2 aromatic heterocycles. The molecule has 2 heterocycles. The highest BCUT2D eigenvalue weighted by Gasteiger charge is 2.17. The number of ether oxygens (including phenoxy) is 1. The van der Waals surface area contributed by atoms with Gasteiger partial charge in [-0.1, -0.05) is 44.0 Å². The number of carbonyl (C=O) groups is 2. The van der Waals surface area contributed by atoms with Crippen LogP contribution in [0.1, 0.15) is 47.0 Å². The van der Waals surface area contributed by atoms with Crippen molar-refractivity contribution in [2.75, 3.05) is 5.32 Å². The number of carbonyl (C=O) groups excluding carboxylic acids is 2. The molecule has 2 amide bonds. The Kier molecular flexibility index (Phi) is 7.15. The van der Waals surface area contributed by atoms with Crippen molar-refractivity contribution in [1.82, 2.24) is 14.8 Å². The van der Waals surface area contributed by atoms with Crippen molar-refractivity contribution in [2.24, 2.45) is 5.73 Å². The first kappa shape index (κ1) is 23.6. The molecule has 0 atom stereocenters. The minimum Gasteiger partial charge on any atom is -0.439 e. The van der Waals surface area contributed by atoms with Gasteiger partial charge in [0.1, 0.15) is 5.75 Å². The Hall–Kier alpha value is -4.53. The highest BCUT2D eigenvalue weighted by molar-refractivity contribution is 6.11. The number of nitrogens with zero attached hydrogens (tertiary/aromatic N) is 3. The Morgan fingerprint density at radius 3 is 2.54 bits per heavy atom. The number of aryl methyl sites for hydroxylation is 1. The first-order chi connectivity index (χ1) is 17.0. The van der Waals surface area contributed by atoms with E-state index in [0.717, 1.165) is 19.3 Å². The molecule has 0 aliphatic rings. The van der Waals surface area contributed by atoms with E-state index in [1.807, 2.05) is 0 Å². The minimum absolute atomic E-state index is 0.167. The van der Waals surface area contributed by atoms with Crippen molar-refractivity contribution in [3.63, 3.8) is 0 Å². The maximum atomic E-state index is 13.1. The molecule has 2 aromatic carbocycles. The van der Waals surface area contributed by atoms with Crippen LogP contribution >= 0.6 is 0 Å². The van der Waals surface area contributed by atoms with Gasteiger partial charge in [0.05, 0.1) is 17.3 Å². The van der Waals surface area contributed by atoms with E-state index in [1.165, 1.54) is 16.9 Å². The lowest BCUT2D eigenvalue weighted by Gasteiger charge is -2.11. The van der Waals surface area contributed by atoms with Crippen LogP contribution in [-0.4, -0.2) is 26.6 Å². The summed E-state index contributed by atoms with van der Waals surface area (Å²) in [6.45, 7) is 2.53. The molecule has 0 bridgehead atoms. The number of nitrogens with two attached hydrogens (primary N) is 1. The lowest BCUT2D eigenvalue weighted by molar-refractivity contribution is 0.0996. The van der Waals surface area contributed by atoms with Gasteiger partial charge in [-0.05, 0) is 36.8 Å². The summed E-state index contributed by atoms with van der Waals surface area (Å²) < 4.78 is 7.03. The molecule has 9 nitrogen and oxygen atoms in total. The van der Waals surface area contributed by atoms with E-state index >= 15 is 0 Å². The molecular formula is C26H25N5O4. The van der Waals surface area contributed by atoms with Crippen LogP contribution < -0.4 is 21.3 Å². The fourth-order valence-corrected chi connectivity index (χ4v) is 3.60. The number of rotatable bonds is 9. The number of primary amides is 1. The van der Waals surface area contributed by atoms with E-state index in [1.54, 1.807) is 54.6 Å². The minimum atomic E-state index is -0.556. The SMILES string of the molecule is CCCCCn1nc(C(=O)Nc2ccc(Oc3cccc(C(N)=O)c3)nc2)c2ccccc2c1=O. The second-order valence-corrected chi connectivity index (χ2v) is 7.96. The third-order valence-electron chi connectivity index (χ3n) is 5.39. The van der Waals surface area contributed by atoms with Crippen molar-refractivity contribution < 1.29 is 14.3 Å². The second-order valence-electron chi connectivity index (χ2n) is 7.96. The molecule has 0 aliphatic carbocycles. The summed E-state index contributed by atoms with van der Waals surface area (Å²) in [6, 6.07) is 16.6. The van der Waals surface area contributed by atoms with Gasteiger partial charge in [0.2, 0.25) is 11.8 Å². The molecule has 0 spiro atoms. The molecule has 4 aromatic rings. The topological polar surface area (TPSA) is 129 Å². The summed E-state index contributed by atoms with van der Waals surface area (Å²) >= 11 is 0. The van der Waals surface area contributed by atoms with E-state index in [-0.39, 0.29) is 17.1 Å². The summed E-state index contributed by atoms with van der Waals surface area (Å²) in [5.74, 6) is -0.321. The van der Waals surface area contributed by atoms with Gasteiger partial charge in [0.25, 0.3) is 11.5 Å². The van der Waals surface area contributed by atoms with Gasteiger partial charge in [-0.15, -0.1) is 0 Å². The monoisotopic (exact) mass is 471 g/mol. The molecule has 0 unspecified atom stereocenters. The van der Waals surface area contributed by atoms with Crippen LogP contribution in [0.5, 0.6) is 11.6 Å². The quantitative estimate of drug-likeness (QED) is 0.353. The maximum Gasteiger partial charge on any atom is 0.276 e. The Balaban J connectivity index is 1.54. The van der Waals surface area contributed by atoms with Crippen LogP contribution in [0, 0.1) is 0 Å². The summed E-state index contributed by atoms with van der Waals surface area (Å²) in [5.41, 5.74) is 6.01. The zero-order valence-corrected chi connectivity index (χ0v) is 19.2.